The van der Waals surface area contributed by atoms with Crippen molar-refractivity contribution in [2.45, 2.75) is 45.0 Å². The van der Waals surface area contributed by atoms with Crippen LogP contribution in [0.1, 0.15) is 26.7 Å². The summed E-state index contributed by atoms with van der Waals surface area (Å²) in [5, 5.41) is 18.7. The molecule has 0 amide bonds. The van der Waals surface area contributed by atoms with Gasteiger partial charge in [-0.2, -0.15) is 0 Å². The van der Waals surface area contributed by atoms with E-state index in [1.54, 1.807) is 13.8 Å². The zero-order valence-corrected chi connectivity index (χ0v) is 10.4. The van der Waals surface area contributed by atoms with Gasteiger partial charge in [-0.3, -0.25) is 4.79 Å². The van der Waals surface area contributed by atoms with Gasteiger partial charge in [-0.05, 0) is 12.8 Å². The molecule has 1 aliphatic heterocycles. The van der Waals surface area contributed by atoms with E-state index in [0.717, 1.165) is 6.42 Å². The van der Waals surface area contributed by atoms with E-state index in [0.29, 0.717) is 12.3 Å². The van der Waals surface area contributed by atoms with Crippen molar-refractivity contribution in [3.05, 3.63) is 0 Å². The molecule has 1 saturated heterocycles. The Bertz CT molecular complexity index is 254. The smallest absolute Gasteiger partial charge is 0.172 e. The number of carbonyl (C=O) groups excluding carboxylic acids is 1. The molecule has 0 saturated carbocycles. The second kappa shape index (κ2) is 5.45. The second-order valence-corrected chi connectivity index (χ2v) is 5.09. The first-order valence-corrected chi connectivity index (χ1v) is 6.03. The molecule has 0 aromatic rings. The Balaban J connectivity index is 2.78. The van der Waals surface area contributed by atoms with Gasteiger partial charge >= 0.3 is 0 Å². The zero-order chi connectivity index (χ0) is 12.3. The van der Waals surface area contributed by atoms with E-state index in [2.05, 4.69) is 0 Å². The monoisotopic (exact) mass is 250 g/mol. The Kier molecular flexibility index (Phi) is 4.73. The van der Waals surface area contributed by atoms with Gasteiger partial charge in [-0.25, -0.2) is 0 Å². The molecular weight excluding hydrogens is 232 g/mol. The molecule has 4 nitrogen and oxygen atoms in total. The minimum absolute atomic E-state index is 0.266. The predicted molar refractivity (Wildman–Crippen MR) is 60.5 cm³/mol. The van der Waals surface area contributed by atoms with Crippen molar-refractivity contribution in [1.82, 2.24) is 0 Å². The lowest BCUT2D eigenvalue weighted by atomic mass is 9.75. The molecule has 0 unspecified atom stereocenters. The normalized spacial score (nSPS) is 34.1. The molecule has 0 bridgehead atoms. The summed E-state index contributed by atoms with van der Waals surface area (Å²) in [7, 11) is 0. The van der Waals surface area contributed by atoms with Gasteiger partial charge in [0.25, 0.3) is 0 Å². The van der Waals surface area contributed by atoms with E-state index in [1.165, 1.54) is 0 Å². The van der Waals surface area contributed by atoms with Crippen LogP contribution in [0.3, 0.4) is 0 Å². The fourth-order valence-electron chi connectivity index (χ4n) is 2.00. The van der Waals surface area contributed by atoms with Crippen LogP contribution in [0, 0.1) is 5.41 Å². The minimum Gasteiger partial charge on any atom is -0.394 e. The van der Waals surface area contributed by atoms with Crippen LogP contribution in [-0.2, 0) is 9.53 Å². The quantitative estimate of drug-likeness (QED) is 0.722. The first-order valence-electron chi connectivity index (χ1n) is 5.49. The SMILES string of the molecule is CC1(C)C(=O)[C@H](O)[C@@H](CO)O[C@@H]1CCCCl. The van der Waals surface area contributed by atoms with Crippen LogP contribution in [0.5, 0.6) is 0 Å². The topological polar surface area (TPSA) is 66.8 Å². The lowest BCUT2D eigenvalue weighted by molar-refractivity contribution is -0.191. The van der Waals surface area contributed by atoms with E-state index in [4.69, 9.17) is 21.4 Å². The summed E-state index contributed by atoms with van der Waals surface area (Å²) in [6, 6.07) is 0. The van der Waals surface area contributed by atoms with E-state index in [-0.39, 0.29) is 18.5 Å². The van der Waals surface area contributed by atoms with E-state index >= 15 is 0 Å². The molecule has 5 heteroatoms. The Morgan fingerprint density at radius 3 is 2.62 bits per heavy atom. The summed E-state index contributed by atoms with van der Waals surface area (Å²) < 4.78 is 5.56. The fraction of sp³-hybridized carbons (Fsp3) is 0.909. The van der Waals surface area contributed by atoms with Crippen molar-refractivity contribution in [1.29, 1.82) is 0 Å². The maximum atomic E-state index is 11.9. The molecule has 1 heterocycles. The van der Waals surface area contributed by atoms with Crippen LogP contribution >= 0.6 is 11.6 Å². The minimum atomic E-state index is -1.23. The highest BCUT2D eigenvalue weighted by Crippen LogP contribution is 2.35. The molecule has 2 N–H and O–H groups in total. The van der Waals surface area contributed by atoms with E-state index in [9.17, 15) is 9.90 Å². The maximum Gasteiger partial charge on any atom is 0.172 e. The largest absolute Gasteiger partial charge is 0.394 e. The summed E-state index contributed by atoms with van der Waals surface area (Å²) in [5.74, 6) is 0.244. The number of aliphatic hydroxyl groups is 2. The van der Waals surface area contributed by atoms with Crippen LogP contribution in [-0.4, -0.2) is 46.8 Å². The lowest BCUT2D eigenvalue weighted by Gasteiger charge is -2.43. The zero-order valence-electron chi connectivity index (χ0n) is 9.65. The van der Waals surface area contributed by atoms with Crippen molar-refractivity contribution in [2.24, 2.45) is 5.41 Å². The van der Waals surface area contributed by atoms with Crippen molar-refractivity contribution < 1.29 is 19.7 Å². The van der Waals surface area contributed by atoms with Crippen molar-refractivity contribution >= 4 is 17.4 Å². The highest BCUT2D eigenvalue weighted by atomic mass is 35.5. The molecular formula is C11H19ClO4. The predicted octanol–water partition coefficient (Wildman–Crippen LogP) is 0.721. The molecule has 3 atom stereocenters. The fourth-order valence-corrected chi connectivity index (χ4v) is 2.15. The average Bonchev–Trinajstić information content (AvgIpc) is 2.25. The molecule has 0 radical (unpaired) electrons. The van der Waals surface area contributed by atoms with Gasteiger partial charge in [0.15, 0.2) is 5.78 Å². The second-order valence-electron chi connectivity index (χ2n) is 4.71. The maximum absolute atomic E-state index is 11.9. The summed E-state index contributed by atoms with van der Waals surface area (Å²) in [6.45, 7) is 3.16. The van der Waals surface area contributed by atoms with Crippen molar-refractivity contribution in [3.63, 3.8) is 0 Å². The molecule has 16 heavy (non-hydrogen) atoms. The molecule has 0 aromatic heterocycles. The Labute approximate surface area is 101 Å². The number of alkyl halides is 1. The highest BCUT2D eigenvalue weighted by molar-refractivity contribution is 6.17. The van der Waals surface area contributed by atoms with E-state index < -0.39 is 17.6 Å². The third-order valence-corrected chi connectivity index (χ3v) is 3.45. The number of Topliss-reactive ketones (excluding diaryl/α,β-unsaturated/α-hetero) is 1. The van der Waals surface area contributed by atoms with E-state index in [1.807, 2.05) is 0 Å². The first kappa shape index (κ1) is 13.9. The molecule has 0 spiro atoms. The van der Waals surface area contributed by atoms with Crippen LogP contribution in [0.15, 0.2) is 0 Å². The summed E-state index contributed by atoms with van der Waals surface area (Å²) in [6.07, 6.45) is -0.921. The van der Waals surface area contributed by atoms with Crippen LogP contribution in [0.25, 0.3) is 0 Å². The molecule has 0 aliphatic carbocycles. The highest BCUT2D eigenvalue weighted by Gasteiger charge is 2.48. The third kappa shape index (κ3) is 2.56. The number of aliphatic hydroxyl groups excluding tert-OH is 2. The lowest BCUT2D eigenvalue weighted by Crippen LogP contribution is -2.57. The molecule has 0 aromatic carbocycles. The Morgan fingerprint density at radius 2 is 2.12 bits per heavy atom. The molecule has 1 fully saturated rings. The summed E-state index contributed by atoms with van der Waals surface area (Å²) in [4.78, 5) is 11.9. The van der Waals surface area contributed by atoms with Gasteiger partial charge in [-0.1, -0.05) is 13.8 Å². The molecule has 1 rings (SSSR count). The number of hydrogen-bond acceptors (Lipinski definition) is 4. The number of ketones is 1. The average molecular weight is 251 g/mol. The van der Waals surface area contributed by atoms with Crippen molar-refractivity contribution in [2.75, 3.05) is 12.5 Å². The Morgan fingerprint density at radius 1 is 1.50 bits per heavy atom. The first-order chi connectivity index (χ1) is 7.45. The number of halogens is 1. The van der Waals surface area contributed by atoms with Gasteiger partial charge in [-0.15, -0.1) is 11.6 Å². The standard InChI is InChI=1S/C11H19ClO4/c1-11(2)8(4-3-5-12)16-7(6-13)9(14)10(11)15/h7-9,13-14H,3-6H2,1-2H3/t7-,8-,9-/m1/s1. The number of carbonyl (C=O) groups is 1. The number of rotatable bonds is 4. The van der Waals surface area contributed by atoms with Gasteiger partial charge < -0.3 is 14.9 Å². The van der Waals surface area contributed by atoms with Crippen LogP contribution in [0.4, 0.5) is 0 Å². The molecule has 94 valence electrons. The molecule has 1 aliphatic rings. The summed E-state index contributed by atoms with van der Waals surface area (Å²) in [5.41, 5.74) is -0.725. The van der Waals surface area contributed by atoms with Crippen LogP contribution < -0.4 is 0 Å². The van der Waals surface area contributed by atoms with Gasteiger partial charge in [0.05, 0.1) is 18.1 Å². The van der Waals surface area contributed by atoms with Crippen molar-refractivity contribution in [3.8, 4) is 0 Å². The van der Waals surface area contributed by atoms with Gasteiger partial charge in [0, 0.05) is 5.88 Å². The Hall–Kier alpha value is -0.160. The van der Waals surface area contributed by atoms with Gasteiger partial charge in [0.2, 0.25) is 0 Å². The number of hydrogen-bond donors (Lipinski definition) is 2. The van der Waals surface area contributed by atoms with Gasteiger partial charge in [0.1, 0.15) is 12.2 Å². The number of ether oxygens (including phenoxy) is 1. The third-order valence-electron chi connectivity index (χ3n) is 3.18. The summed E-state index contributed by atoms with van der Waals surface area (Å²) >= 11 is 5.61. The van der Waals surface area contributed by atoms with Crippen LogP contribution in [0.2, 0.25) is 0 Å².